The summed E-state index contributed by atoms with van der Waals surface area (Å²) in [6, 6.07) is 7.12. The number of benzene rings is 1. The second-order valence-corrected chi connectivity index (χ2v) is 14.1. The Hall–Kier alpha value is -3.39. The van der Waals surface area contributed by atoms with E-state index < -0.39 is 27.8 Å². The summed E-state index contributed by atoms with van der Waals surface area (Å²) >= 11 is 0. The third kappa shape index (κ3) is 6.30. The van der Waals surface area contributed by atoms with Gasteiger partial charge in [0.2, 0.25) is 16.0 Å². The number of nitrogens with one attached hydrogen (secondary N) is 1. The molecule has 2 N–H and O–H groups in total. The van der Waals surface area contributed by atoms with Crippen LogP contribution in [0, 0.1) is 12.3 Å². The molecule has 2 saturated heterocycles. The van der Waals surface area contributed by atoms with Crippen LogP contribution in [0.5, 0.6) is 0 Å². The van der Waals surface area contributed by atoms with Gasteiger partial charge in [-0.2, -0.15) is 0 Å². The van der Waals surface area contributed by atoms with Crippen LogP contribution in [0.4, 0.5) is 26.1 Å². The normalized spacial score (nSPS) is 20.3. The summed E-state index contributed by atoms with van der Waals surface area (Å²) in [6.45, 7) is 5.16. The van der Waals surface area contributed by atoms with E-state index in [0.29, 0.717) is 40.6 Å². The molecule has 0 bridgehead atoms. The molecule has 3 aromatic rings. The summed E-state index contributed by atoms with van der Waals surface area (Å²) in [5.41, 5.74) is 4.19. The lowest BCUT2D eigenvalue weighted by Crippen LogP contribution is -2.40. The van der Waals surface area contributed by atoms with Crippen molar-refractivity contribution in [1.29, 1.82) is 0 Å². The number of anilines is 3. The summed E-state index contributed by atoms with van der Waals surface area (Å²) in [6.07, 6.45) is 6.28. The van der Waals surface area contributed by atoms with Gasteiger partial charge in [0.05, 0.1) is 35.6 Å². The van der Waals surface area contributed by atoms with Crippen LogP contribution in [-0.4, -0.2) is 82.4 Å². The van der Waals surface area contributed by atoms with Gasteiger partial charge in [0, 0.05) is 44.7 Å². The monoisotopic (exact) mass is 616 g/mol. The van der Waals surface area contributed by atoms with Crippen LogP contribution in [0.1, 0.15) is 57.6 Å². The van der Waals surface area contributed by atoms with E-state index in [2.05, 4.69) is 29.9 Å². The highest BCUT2D eigenvalue weighted by Crippen LogP contribution is 2.54. The zero-order valence-electron chi connectivity index (χ0n) is 24.5. The molecule has 1 aliphatic carbocycles. The standard InChI is InChI=1S/C29H38F2N8O3S/c1-3-22(19-40)43(41,42)35-21-4-5-25(26(17-21)37-12-8-28(6-7-28)9-13-37)39-18-24(34-36-39)23-16-20(2)32-27(33-23)38-14-10-29(30,31)11-15-38/h4-5,16-18,22,35,40H,3,6-15,19H2,1-2H3. The van der Waals surface area contributed by atoms with Crippen LogP contribution in [0.2, 0.25) is 0 Å². The van der Waals surface area contributed by atoms with Gasteiger partial charge in [0.25, 0.3) is 5.92 Å². The maximum atomic E-state index is 13.7. The van der Waals surface area contributed by atoms with Gasteiger partial charge >= 0.3 is 0 Å². The average molecular weight is 617 g/mol. The van der Waals surface area contributed by atoms with Crippen molar-refractivity contribution in [3.05, 3.63) is 36.2 Å². The number of rotatable bonds is 9. The third-order valence-electron chi connectivity index (χ3n) is 9.08. The maximum absolute atomic E-state index is 13.7. The van der Waals surface area contributed by atoms with Crippen molar-refractivity contribution in [1.82, 2.24) is 25.0 Å². The average Bonchev–Trinajstić information content (AvgIpc) is 3.53. The number of hydrogen-bond donors (Lipinski definition) is 2. The van der Waals surface area contributed by atoms with Gasteiger partial charge < -0.3 is 14.9 Å². The van der Waals surface area contributed by atoms with Gasteiger partial charge in [0.1, 0.15) is 10.9 Å². The van der Waals surface area contributed by atoms with E-state index in [-0.39, 0.29) is 25.9 Å². The Bertz CT molecular complexity index is 1570. The van der Waals surface area contributed by atoms with Gasteiger partial charge in [-0.3, -0.25) is 4.72 Å². The van der Waals surface area contributed by atoms with Crippen molar-refractivity contribution >= 4 is 27.3 Å². The number of piperidine rings is 2. The molecule has 14 heteroatoms. The molecular weight excluding hydrogens is 578 g/mol. The van der Waals surface area contributed by atoms with Crippen LogP contribution >= 0.6 is 0 Å². The van der Waals surface area contributed by atoms with Gasteiger partial charge in [-0.1, -0.05) is 12.1 Å². The lowest BCUT2D eigenvalue weighted by Gasteiger charge is -2.35. The van der Waals surface area contributed by atoms with Crippen molar-refractivity contribution in [3.63, 3.8) is 0 Å². The summed E-state index contributed by atoms with van der Waals surface area (Å²) in [7, 11) is -3.78. The summed E-state index contributed by atoms with van der Waals surface area (Å²) in [5.74, 6) is -2.27. The Balaban J connectivity index is 1.31. The van der Waals surface area contributed by atoms with Gasteiger partial charge in [-0.25, -0.2) is 31.8 Å². The largest absolute Gasteiger partial charge is 0.395 e. The van der Waals surface area contributed by atoms with Gasteiger partial charge in [-0.05, 0) is 68.7 Å². The Labute approximate surface area is 250 Å². The molecule has 1 atom stereocenters. The van der Waals surface area contributed by atoms with Crippen molar-refractivity contribution in [3.8, 4) is 17.1 Å². The molecule has 6 rings (SSSR count). The molecule has 0 radical (unpaired) electrons. The minimum atomic E-state index is -3.78. The lowest BCUT2D eigenvalue weighted by molar-refractivity contribution is -0.0222. The fourth-order valence-corrected chi connectivity index (χ4v) is 7.24. The number of halogens is 2. The number of aliphatic hydroxyl groups excluding tert-OH is 1. The molecule has 11 nitrogen and oxygen atoms in total. The van der Waals surface area contributed by atoms with E-state index in [1.165, 1.54) is 12.8 Å². The summed E-state index contributed by atoms with van der Waals surface area (Å²) in [5, 5.41) is 17.5. The molecule has 4 heterocycles. The fourth-order valence-electron chi connectivity index (χ4n) is 5.99. The molecular formula is C29H38F2N8O3S. The highest BCUT2D eigenvalue weighted by atomic mass is 32.2. The zero-order valence-corrected chi connectivity index (χ0v) is 25.3. The molecule has 2 aliphatic heterocycles. The Morgan fingerprint density at radius 1 is 0.953 bits per heavy atom. The Morgan fingerprint density at radius 3 is 2.30 bits per heavy atom. The number of aliphatic hydroxyl groups is 1. The first-order chi connectivity index (χ1) is 20.5. The fraction of sp³-hybridized carbons (Fsp3) is 0.586. The third-order valence-corrected chi connectivity index (χ3v) is 11.0. The van der Waals surface area contributed by atoms with E-state index in [4.69, 9.17) is 0 Å². The van der Waals surface area contributed by atoms with Crippen molar-refractivity contribution in [2.45, 2.75) is 70.0 Å². The molecule has 1 aromatic carbocycles. The molecule has 0 amide bonds. The summed E-state index contributed by atoms with van der Waals surface area (Å²) in [4.78, 5) is 13.2. The lowest BCUT2D eigenvalue weighted by atomic mass is 9.93. The summed E-state index contributed by atoms with van der Waals surface area (Å²) < 4.78 is 57.6. The molecule has 1 spiro atoms. The minimum absolute atomic E-state index is 0.177. The number of sulfonamides is 1. The van der Waals surface area contributed by atoms with Gasteiger partial charge in [-0.15, -0.1) is 5.10 Å². The second-order valence-electron chi connectivity index (χ2n) is 12.1. The number of hydrogen-bond acceptors (Lipinski definition) is 9. The number of alkyl halides is 2. The second kappa shape index (κ2) is 11.3. The first kappa shape index (κ1) is 29.7. The van der Waals surface area contributed by atoms with E-state index in [1.807, 2.05) is 19.1 Å². The zero-order chi connectivity index (χ0) is 30.4. The number of aryl methyl sites for hydroxylation is 1. The van der Waals surface area contributed by atoms with Crippen LogP contribution in [0.15, 0.2) is 30.5 Å². The van der Waals surface area contributed by atoms with Crippen LogP contribution in [0.3, 0.4) is 0 Å². The highest BCUT2D eigenvalue weighted by molar-refractivity contribution is 7.93. The molecule has 3 aliphatic rings. The molecule has 1 unspecified atom stereocenters. The van der Waals surface area contributed by atoms with Crippen molar-refractivity contribution < 1.29 is 22.3 Å². The minimum Gasteiger partial charge on any atom is -0.395 e. The molecule has 1 saturated carbocycles. The van der Waals surface area contributed by atoms with Crippen molar-refractivity contribution in [2.75, 3.05) is 47.3 Å². The molecule has 3 fully saturated rings. The molecule has 2 aromatic heterocycles. The van der Waals surface area contributed by atoms with E-state index in [9.17, 15) is 22.3 Å². The SMILES string of the molecule is CCC(CO)S(=O)(=O)Nc1ccc(-n2cc(-c3cc(C)nc(N4CCC(F)(F)CC4)n3)nn2)c(N2CCC3(CC2)CC3)c1. The van der Waals surface area contributed by atoms with Crippen LogP contribution in [0.25, 0.3) is 17.1 Å². The topological polar surface area (TPSA) is 129 Å². The molecule has 232 valence electrons. The molecule has 43 heavy (non-hydrogen) atoms. The quantitative estimate of drug-likeness (QED) is 0.364. The predicted octanol–water partition coefficient (Wildman–Crippen LogP) is 4.16. The smallest absolute Gasteiger partial charge is 0.251 e. The van der Waals surface area contributed by atoms with Crippen LogP contribution < -0.4 is 14.5 Å². The van der Waals surface area contributed by atoms with Crippen molar-refractivity contribution in [2.24, 2.45) is 5.41 Å². The van der Waals surface area contributed by atoms with E-state index in [1.54, 1.807) is 34.8 Å². The van der Waals surface area contributed by atoms with E-state index >= 15 is 0 Å². The van der Waals surface area contributed by atoms with Gasteiger partial charge in [0.15, 0.2) is 0 Å². The number of aromatic nitrogens is 5. The first-order valence-electron chi connectivity index (χ1n) is 14.9. The van der Waals surface area contributed by atoms with E-state index in [0.717, 1.165) is 37.3 Å². The number of nitrogens with zero attached hydrogens (tertiary/aromatic N) is 7. The van der Waals surface area contributed by atoms with Crippen LogP contribution in [-0.2, 0) is 10.0 Å². The highest BCUT2D eigenvalue weighted by Gasteiger charge is 2.44. The predicted molar refractivity (Wildman–Crippen MR) is 160 cm³/mol. The maximum Gasteiger partial charge on any atom is 0.251 e. The Morgan fingerprint density at radius 2 is 1.65 bits per heavy atom. The first-order valence-corrected chi connectivity index (χ1v) is 16.5. The Kier molecular flexibility index (Phi) is 7.78.